The molecule has 2 rings (SSSR count). The zero-order valence-electron chi connectivity index (χ0n) is 13.8. The Morgan fingerprint density at radius 1 is 1.31 bits per heavy atom. The summed E-state index contributed by atoms with van der Waals surface area (Å²) in [5, 5.41) is 13.6. The molecule has 0 unspecified atom stereocenters. The summed E-state index contributed by atoms with van der Waals surface area (Å²) in [4.78, 5) is 38.3. The van der Waals surface area contributed by atoms with E-state index in [-0.39, 0.29) is 22.8 Å². The number of amides is 1. The van der Waals surface area contributed by atoms with Crippen LogP contribution in [0.15, 0.2) is 36.5 Å². The molecule has 0 saturated carbocycles. The van der Waals surface area contributed by atoms with E-state index in [1.807, 2.05) is 0 Å². The molecule has 0 aliphatic rings. The van der Waals surface area contributed by atoms with Crippen LogP contribution < -0.4 is 10.1 Å². The van der Waals surface area contributed by atoms with Crippen LogP contribution in [0.5, 0.6) is 5.75 Å². The average molecular weight is 380 g/mol. The lowest BCUT2D eigenvalue weighted by Crippen LogP contribution is -2.30. The number of methoxy groups -OCH3 is 1. The second-order valence-electron chi connectivity index (χ2n) is 5.04. The topological polar surface area (TPSA) is 121 Å². The molecule has 0 saturated heterocycles. The lowest BCUT2D eigenvalue weighted by atomic mass is 10.2. The van der Waals surface area contributed by atoms with Crippen molar-refractivity contribution >= 4 is 34.9 Å². The second-order valence-corrected chi connectivity index (χ2v) is 5.47. The van der Waals surface area contributed by atoms with Crippen molar-refractivity contribution in [3.63, 3.8) is 0 Å². The SMILES string of the molecule is COc1ccc([N+](=O)[O-])cc1NC(=O)[C@H](C)OC(=O)c1cc(Cl)ccn1. The Kier molecular flexibility index (Phi) is 6.07. The lowest BCUT2D eigenvalue weighted by Gasteiger charge is -2.15. The molecular weight excluding hydrogens is 366 g/mol. The normalized spacial score (nSPS) is 11.3. The van der Waals surface area contributed by atoms with Crippen molar-refractivity contribution in [1.29, 1.82) is 0 Å². The molecule has 10 heteroatoms. The Labute approximate surface area is 153 Å². The van der Waals surface area contributed by atoms with Crippen molar-refractivity contribution < 1.29 is 24.0 Å². The fraction of sp³-hybridized carbons (Fsp3) is 0.188. The monoisotopic (exact) mass is 379 g/mol. The van der Waals surface area contributed by atoms with Gasteiger partial charge in [-0.25, -0.2) is 9.78 Å². The average Bonchev–Trinajstić information content (AvgIpc) is 2.61. The van der Waals surface area contributed by atoms with Crippen molar-refractivity contribution in [2.75, 3.05) is 12.4 Å². The standard InChI is InChI=1S/C16H14ClN3O6/c1-9(26-16(22)13-7-10(17)5-6-18-13)15(21)19-12-8-11(20(23)24)3-4-14(12)25-2/h3-9H,1-2H3,(H,19,21)/t9-/m0/s1. The third-order valence-electron chi connectivity index (χ3n) is 3.24. The highest BCUT2D eigenvalue weighted by Gasteiger charge is 2.22. The maximum atomic E-state index is 12.2. The quantitative estimate of drug-likeness (QED) is 0.465. The largest absolute Gasteiger partial charge is 0.495 e. The summed E-state index contributed by atoms with van der Waals surface area (Å²) in [5.41, 5.74) is -0.200. The summed E-state index contributed by atoms with van der Waals surface area (Å²) in [7, 11) is 1.35. The second kappa shape index (κ2) is 8.26. The number of non-ortho nitro benzene ring substituents is 1. The maximum absolute atomic E-state index is 12.2. The Hall–Kier alpha value is -3.20. The summed E-state index contributed by atoms with van der Waals surface area (Å²) in [5.74, 6) is -1.31. The summed E-state index contributed by atoms with van der Waals surface area (Å²) < 4.78 is 10.1. The van der Waals surface area contributed by atoms with Gasteiger partial charge in [0.05, 0.1) is 17.7 Å². The van der Waals surface area contributed by atoms with Gasteiger partial charge in [0.15, 0.2) is 6.10 Å². The Bertz CT molecular complexity index is 858. The third-order valence-corrected chi connectivity index (χ3v) is 3.47. The fourth-order valence-corrected chi connectivity index (χ4v) is 2.09. The number of nitrogens with zero attached hydrogens (tertiary/aromatic N) is 2. The van der Waals surface area contributed by atoms with Crippen LogP contribution in [-0.4, -0.2) is 35.0 Å². The highest BCUT2D eigenvalue weighted by Crippen LogP contribution is 2.29. The molecule has 9 nitrogen and oxygen atoms in total. The van der Waals surface area contributed by atoms with Gasteiger partial charge in [0.25, 0.3) is 11.6 Å². The van der Waals surface area contributed by atoms with Gasteiger partial charge in [0, 0.05) is 23.4 Å². The molecule has 1 N–H and O–H groups in total. The number of nitro benzene ring substituents is 1. The smallest absolute Gasteiger partial charge is 0.357 e. The highest BCUT2D eigenvalue weighted by molar-refractivity contribution is 6.30. The Morgan fingerprint density at radius 2 is 2.04 bits per heavy atom. The molecule has 136 valence electrons. The number of hydrogen-bond donors (Lipinski definition) is 1. The number of halogens is 1. The van der Waals surface area contributed by atoms with Crippen molar-refractivity contribution in [3.05, 3.63) is 57.4 Å². The van der Waals surface area contributed by atoms with Crippen LogP contribution in [0.25, 0.3) is 0 Å². The number of carbonyl (C=O) groups is 2. The van der Waals surface area contributed by atoms with Crippen molar-refractivity contribution in [3.8, 4) is 5.75 Å². The first-order chi connectivity index (χ1) is 12.3. The Balaban J connectivity index is 2.10. The van der Waals surface area contributed by atoms with E-state index in [0.29, 0.717) is 5.02 Å². The number of hydrogen-bond acceptors (Lipinski definition) is 7. The molecule has 0 bridgehead atoms. The molecule has 2 aromatic rings. The lowest BCUT2D eigenvalue weighted by molar-refractivity contribution is -0.384. The molecule has 0 aliphatic heterocycles. The van der Waals surface area contributed by atoms with Gasteiger partial charge in [-0.15, -0.1) is 0 Å². The van der Waals surface area contributed by atoms with Gasteiger partial charge in [-0.1, -0.05) is 11.6 Å². The van der Waals surface area contributed by atoms with Gasteiger partial charge in [-0.3, -0.25) is 14.9 Å². The summed E-state index contributed by atoms with van der Waals surface area (Å²) >= 11 is 5.77. The van der Waals surface area contributed by atoms with Crippen LogP contribution in [-0.2, 0) is 9.53 Å². The van der Waals surface area contributed by atoms with E-state index in [9.17, 15) is 19.7 Å². The number of nitrogens with one attached hydrogen (secondary N) is 1. The van der Waals surface area contributed by atoms with Crippen molar-refractivity contribution in [2.24, 2.45) is 0 Å². The third kappa shape index (κ3) is 4.67. The van der Waals surface area contributed by atoms with E-state index >= 15 is 0 Å². The molecule has 0 fully saturated rings. The van der Waals surface area contributed by atoms with Crippen LogP contribution in [0.1, 0.15) is 17.4 Å². The first-order valence-corrected chi connectivity index (χ1v) is 7.65. The Morgan fingerprint density at radius 3 is 2.65 bits per heavy atom. The summed E-state index contributed by atoms with van der Waals surface area (Å²) in [6, 6.07) is 6.52. The first kappa shape index (κ1) is 19.1. The van der Waals surface area contributed by atoms with Crippen LogP contribution >= 0.6 is 11.6 Å². The molecule has 26 heavy (non-hydrogen) atoms. The van der Waals surface area contributed by atoms with Gasteiger partial charge in [-0.2, -0.15) is 0 Å². The number of anilines is 1. The first-order valence-electron chi connectivity index (χ1n) is 7.27. The van der Waals surface area contributed by atoms with Gasteiger partial charge >= 0.3 is 5.97 Å². The van der Waals surface area contributed by atoms with Gasteiger partial charge in [0.2, 0.25) is 0 Å². The van der Waals surface area contributed by atoms with Gasteiger partial charge in [0.1, 0.15) is 11.4 Å². The van der Waals surface area contributed by atoms with E-state index in [4.69, 9.17) is 21.1 Å². The molecule has 1 heterocycles. The minimum atomic E-state index is -1.19. The molecule has 0 radical (unpaired) electrons. The molecule has 1 amide bonds. The highest BCUT2D eigenvalue weighted by atomic mass is 35.5. The molecule has 0 aliphatic carbocycles. The molecule has 0 spiro atoms. The van der Waals surface area contributed by atoms with E-state index in [2.05, 4.69) is 10.3 Å². The van der Waals surface area contributed by atoms with Crippen LogP contribution in [0.3, 0.4) is 0 Å². The number of benzene rings is 1. The predicted molar refractivity (Wildman–Crippen MR) is 92.4 cm³/mol. The maximum Gasteiger partial charge on any atom is 0.357 e. The molecule has 1 aromatic carbocycles. The number of aromatic nitrogens is 1. The van der Waals surface area contributed by atoms with E-state index in [0.717, 1.165) is 6.07 Å². The predicted octanol–water partition coefficient (Wildman–Crippen LogP) is 2.84. The fourth-order valence-electron chi connectivity index (χ4n) is 1.93. The van der Waals surface area contributed by atoms with Gasteiger partial charge in [-0.05, 0) is 25.1 Å². The van der Waals surface area contributed by atoms with Crippen molar-refractivity contribution in [1.82, 2.24) is 4.98 Å². The summed E-state index contributed by atoms with van der Waals surface area (Å²) in [6.45, 7) is 1.35. The number of nitro groups is 1. The van der Waals surface area contributed by atoms with Crippen LogP contribution in [0.2, 0.25) is 5.02 Å². The number of rotatable bonds is 6. The molecular formula is C16H14ClN3O6. The number of carbonyl (C=O) groups excluding carboxylic acids is 2. The minimum absolute atomic E-state index is 0.0509. The zero-order valence-corrected chi connectivity index (χ0v) is 14.5. The van der Waals surface area contributed by atoms with E-state index in [1.165, 1.54) is 44.5 Å². The molecule has 1 aromatic heterocycles. The van der Waals surface area contributed by atoms with E-state index in [1.54, 1.807) is 0 Å². The number of ether oxygens (including phenoxy) is 2. The van der Waals surface area contributed by atoms with E-state index < -0.39 is 22.9 Å². The van der Waals surface area contributed by atoms with Crippen molar-refractivity contribution in [2.45, 2.75) is 13.0 Å². The zero-order chi connectivity index (χ0) is 19.3. The minimum Gasteiger partial charge on any atom is -0.495 e. The number of pyridine rings is 1. The summed E-state index contributed by atoms with van der Waals surface area (Å²) in [6.07, 6.45) is 0.143. The van der Waals surface area contributed by atoms with Crippen LogP contribution in [0, 0.1) is 10.1 Å². The molecule has 1 atom stereocenters. The number of esters is 1. The van der Waals surface area contributed by atoms with Gasteiger partial charge < -0.3 is 14.8 Å². The van der Waals surface area contributed by atoms with Crippen LogP contribution in [0.4, 0.5) is 11.4 Å².